The Morgan fingerprint density at radius 1 is 1.62 bits per heavy atom. The van der Waals surface area contributed by atoms with Crippen LogP contribution in [-0.4, -0.2) is 28.4 Å². The Morgan fingerprint density at radius 2 is 2.38 bits per heavy atom. The van der Waals surface area contributed by atoms with E-state index in [-0.39, 0.29) is 11.9 Å². The average Bonchev–Trinajstić information content (AvgIpc) is 2.14. The SMILES string of the molecule is [B]C[C@@H]1OCC[C@H]1[B]. The van der Waals surface area contributed by atoms with Crippen LogP contribution in [-0.2, 0) is 4.74 Å². The highest BCUT2D eigenvalue weighted by molar-refractivity contribution is 6.14. The topological polar surface area (TPSA) is 9.23 Å². The number of hydrogen-bond donors (Lipinski definition) is 0. The first-order valence-corrected chi connectivity index (χ1v) is 2.92. The lowest BCUT2D eigenvalue weighted by atomic mass is 9.77. The molecule has 3 heteroatoms. The molecule has 0 saturated carbocycles. The van der Waals surface area contributed by atoms with Crippen LogP contribution in [0.3, 0.4) is 0 Å². The van der Waals surface area contributed by atoms with Crippen LogP contribution < -0.4 is 0 Å². The maximum Gasteiger partial charge on any atom is 0.0735 e. The zero-order valence-electron chi connectivity index (χ0n) is 4.84. The van der Waals surface area contributed by atoms with Crippen molar-refractivity contribution in [3.05, 3.63) is 0 Å². The molecule has 0 spiro atoms. The second kappa shape index (κ2) is 2.58. The van der Waals surface area contributed by atoms with Crippen LogP contribution in [0.1, 0.15) is 6.42 Å². The normalized spacial score (nSPS) is 38.0. The predicted molar refractivity (Wildman–Crippen MR) is 34.4 cm³/mol. The van der Waals surface area contributed by atoms with Gasteiger partial charge in [-0.15, -0.1) is 0 Å². The highest BCUT2D eigenvalue weighted by Crippen LogP contribution is 2.24. The van der Waals surface area contributed by atoms with Crippen LogP contribution >= 0.6 is 0 Å². The highest BCUT2D eigenvalue weighted by Gasteiger charge is 2.20. The van der Waals surface area contributed by atoms with E-state index in [1.54, 1.807) is 0 Å². The van der Waals surface area contributed by atoms with Crippen molar-refractivity contribution in [1.29, 1.82) is 0 Å². The van der Waals surface area contributed by atoms with Gasteiger partial charge in [-0.05, 0) is 6.42 Å². The summed E-state index contributed by atoms with van der Waals surface area (Å²) in [6, 6.07) is 0. The molecular weight excluding hydrogens is 97.7 g/mol. The maximum absolute atomic E-state index is 5.58. The van der Waals surface area contributed by atoms with Gasteiger partial charge in [-0.25, -0.2) is 0 Å². The summed E-state index contributed by atoms with van der Waals surface area (Å²) < 4.78 is 5.16. The molecule has 1 rings (SSSR count). The van der Waals surface area contributed by atoms with Crippen LogP contribution in [0.2, 0.25) is 12.1 Å². The fourth-order valence-electron chi connectivity index (χ4n) is 0.908. The predicted octanol–water partition coefficient (Wildman–Crippen LogP) is 0.319. The molecule has 0 unspecified atom stereocenters. The number of rotatable bonds is 1. The van der Waals surface area contributed by atoms with E-state index in [4.69, 9.17) is 20.4 Å². The second-order valence-corrected chi connectivity index (χ2v) is 2.10. The fraction of sp³-hybridized carbons (Fsp3) is 1.00. The molecule has 40 valence electrons. The van der Waals surface area contributed by atoms with Gasteiger partial charge in [0.15, 0.2) is 0 Å². The van der Waals surface area contributed by atoms with E-state index in [1.165, 1.54) is 0 Å². The van der Waals surface area contributed by atoms with Crippen LogP contribution in [0.25, 0.3) is 0 Å². The third kappa shape index (κ3) is 1.08. The van der Waals surface area contributed by atoms with Crippen molar-refractivity contribution < 1.29 is 4.74 Å². The van der Waals surface area contributed by atoms with Crippen molar-refractivity contribution in [2.45, 2.75) is 24.7 Å². The van der Waals surface area contributed by atoms with Gasteiger partial charge >= 0.3 is 0 Å². The minimum Gasteiger partial charge on any atom is -0.379 e. The standard InChI is InChI=1S/C5H8B2O/c6-3-5-4(7)1-2-8-5/h4-5H,1-3H2/t4-,5+/m1/s1. The van der Waals surface area contributed by atoms with Gasteiger partial charge in [0.05, 0.1) is 15.7 Å². The Labute approximate surface area is 52.6 Å². The lowest BCUT2D eigenvalue weighted by molar-refractivity contribution is 0.126. The van der Waals surface area contributed by atoms with Crippen LogP contribution in [0, 0.1) is 0 Å². The molecule has 0 aliphatic carbocycles. The molecule has 8 heavy (non-hydrogen) atoms. The lowest BCUT2D eigenvalue weighted by Crippen LogP contribution is -2.09. The van der Waals surface area contributed by atoms with E-state index in [1.807, 2.05) is 0 Å². The van der Waals surface area contributed by atoms with E-state index < -0.39 is 0 Å². The molecule has 2 atom stereocenters. The van der Waals surface area contributed by atoms with Crippen molar-refractivity contribution >= 4 is 15.7 Å². The zero-order valence-corrected chi connectivity index (χ0v) is 4.84. The summed E-state index contributed by atoms with van der Waals surface area (Å²) in [6.07, 6.45) is 1.64. The van der Waals surface area contributed by atoms with Crippen molar-refractivity contribution in [3.63, 3.8) is 0 Å². The molecule has 0 N–H and O–H groups in total. The molecular formula is C5H8B2O. The Kier molecular flexibility index (Phi) is 2.01. The second-order valence-electron chi connectivity index (χ2n) is 2.10. The first-order valence-electron chi connectivity index (χ1n) is 2.92. The molecule has 1 aliphatic rings. The van der Waals surface area contributed by atoms with E-state index in [0.717, 1.165) is 13.0 Å². The Bertz CT molecular complexity index is 76.8. The molecule has 1 aliphatic heterocycles. The average molecular weight is 106 g/mol. The van der Waals surface area contributed by atoms with Crippen LogP contribution in [0.4, 0.5) is 0 Å². The summed E-state index contributed by atoms with van der Waals surface area (Å²) in [5.41, 5.74) is 0. The van der Waals surface area contributed by atoms with Gasteiger partial charge in [-0.1, -0.05) is 12.1 Å². The van der Waals surface area contributed by atoms with Gasteiger partial charge in [-0.2, -0.15) is 0 Å². The Hall–Kier alpha value is 0.0899. The number of ether oxygens (including phenoxy) is 1. The van der Waals surface area contributed by atoms with E-state index in [9.17, 15) is 0 Å². The Morgan fingerprint density at radius 3 is 2.62 bits per heavy atom. The monoisotopic (exact) mass is 106 g/mol. The summed E-state index contributed by atoms with van der Waals surface area (Å²) in [6.45, 7) is 0.781. The van der Waals surface area contributed by atoms with Crippen molar-refractivity contribution in [3.8, 4) is 0 Å². The molecule has 0 amide bonds. The maximum atomic E-state index is 5.58. The van der Waals surface area contributed by atoms with Crippen LogP contribution in [0.5, 0.6) is 0 Å². The lowest BCUT2D eigenvalue weighted by Gasteiger charge is -2.10. The molecule has 0 bridgehead atoms. The third-order valence-electron chi connectivity index (χ3n) is 1.49. The first kappa shape index (κ1) is 6.21. The summed E-state index contributed by atoms with van der Waals surface area (Å²) in [4.78, 5) is 0. The zero-order chi connectivity index (χ0) is 5.98. The first-order chi connectivity index (χ1) is 3.84. The highest BCUT2D eigenvalue weighted by atomic mass is 16.5. The van der Waals surface area contributed by atoms with Crippen LogP contribution in [0.15, 0.2) is 0 Å². The molecule has 0 aromatic heterocycles. The van der Waals surface area contributed by atoms with Gasteiger partial charge in [0.25, 0.3) is 0 Å². The van der Waals surface area contributed by atoms with Crippen molar-refractivity contribution in [2.75, 3.05) is 6.61 Å². The van der Waals surface area contributed by atoms with Crippen molar-refractivity contribution in [2.24, 2.45) is 0 Å². The Balaban J connectivity index is 2.30. The van der Waals surface area contributed by atoms with Gasteiger partial charge in [0, 0.05) is 12.7 Å². The van der Waals surface area contributed by atoms with Gasteiger partial charge in [0.2, 0.25) is 0 Å². The molecule has 0 aromatic carbocycles. The summed E-state index contributed by atoms with van der Waals surface area (Å²) in [7, 11) is 10.9. The molecule has 1 heterocycles. The van der Waals surface area contributed by atoms with Crippen molar-refractivity contribution in [1.82, 2.24) is 0 Å². The molecule has 1 fully saturated rings. The summed E-state index contributed by atoms with van der Waals surface area (Å²) >= 11 is 0. The molecule has 0 aromatic rings. The minimum absolute atomic E-state index is 0.120. The summed E-state index contributed by atoms with van der Waals surface area (Å²) in [5, 5.41) is 0. The molecule has 4 radical (unpaired) electrons. The minimum atomic E-state index is 0.120. The smallest absolute Gasteiger partial charge is 0.0735 e. The summed E-state index contributed by atoms with van der Waals surface area (Å²) in [5.74, 6) is 0.181. The molecule has 1 saturated heterocycles. The van der Waals surface area contributed by atoms with Gasteiger partial charge in [-0.3, -0.25) is 0 Å². The quantitative estimate of drug-likeness (QED) is 0.437. The van der Waals surface area contributed by atoms with Gasteiger partial charge in [0.1, 0.15) is 0 Å². The van der Waals surface area contributed by atoms with E-state index in [0.29, 0.717) is 6.32 Å². The molecule has 1 nitrogen and oxygen atoms in total. The van der Waals surface area contributed by atoms with Gasteiger partial charge < -0.3 is 4.74 Å². The largest absolute Gasteiger partial charge is 0.379 e. The number of hydrogen-bond acceptors (Lipinski definition) is 1. The van der Waals surface area contributed by atoms with E-state index in [2.05, 4.69) is 0 Å². The third-order valence-corrected chi connectivity index (χ3v) is 1.49. The fourth-order valence-corrected chi connectivity index (χ4v) is 0.908. The van der Waals surface area contributed by atoms with E-state index >= 15 is 0 Å².